The van der Waals surface area contributed by atoms with Gasteiger partial charge in [-0.3, -0.25) is 9.59 Å². The number of phenolic OH excluding ortho intramolecular Hbond substituents is 1. The van der Waals surface area contributed by atoms with E-state index in [0.717, 1.165) is 27.7 Å². The van der Waals surface area contributed by atoms with Crippen LogP contribution in [0.25, 0.3) is 10.9 Å². The van der Waals surface area contributed by atoms with Gasteiger partial charge in [0.05, 0.1) is 11.2 Å². The van der Waals surface area contributed by atoms with Crippen LogP contribution < -0.4 is 5.32 Å². The molecule has 3 rings (SSSR count). The van der Waals surface area contributed by atoms with Gasteiger partial charge in [0.1, 0.15) is 12.2 Å². The summed E-state index contributed by atoms with van der Waals surface area (Å²) >= 11 is 0. The number of carbonyl (C=O) groups excluding carboxylic acids is 1. The molecule has 3 aromatic rings. The lowest BCUT2D eigenvalue weighted by Crippen LogP contribution is -2.16. The fourth-order valence-corrected chi connectivity index (χ4v) is 3.41. The normalized spacial score (nSPS) is 11.1. The predicted octanol–water partition coefficient (Wildman–Crippen LogP) is 4.24. The number of benzene rings is 2. The van der Waals surface area contributed by atoms with E-state index in [1.54, 1.807) is 12.1 Å². The highest BCUT2D eigenvalue weighted by molar-refractivity contribution is 6.06. The second-order valence-electron chi connectivity index (χ2n) is 7.28. The Morgan fingerprint density at radius 3 is 2.57 bits per heavy atom. The fourth-order valence-electron chi connectivity index (χ4n) is 3.41. The lowest BCUT2D eigenvalue weighted by atomic mass is 9.99. The average Bonchev–Trinajstić information content (AvgIpc) is 2.92. The zero-order chi connectivity index (χ0) is 20.4. The molecule has 0 aliphatic carbocycles. The third-order valence-corrected chi connectivity index (χ3v) is 4.79. The molecule has 3 N–H and O–H groups in total. The second-order valence-corrected chi connectivity index (χ2v) is 7.28. The Bertz CT molecular complexity index is 1050. The van der Waals surface area contributed by atoms with Gasteiger partial charge >= 0.3 is 5.97 Å². The van der Waals surface area contributed by atoms with Gasteiger partial charge in [-0.1, -0.05) is 32.0 Å². The monoisotopic (exact) mass is 380 g/mol. The molecule has 6 nitrogen and oxygen atoms in total. The molecular weight excluding hydrogens is 356 g/mol. The van der Waals surface area contributed by atoms with Crippen LogP contribution in [0.1, 0.15) is 43.0 Å². The van der Waals surface area contributed by atoms with Crippen molar-refractivity contribution in [3.63, 3.8) is 0 Å². The summed E-state index contributed by atoms with van der Waals surface area (Å²) < 4.78 is 2.14. The summed E-state index contributed by atoms with van der Waals surface area (Å²) in [5, 5.41) is 22.4. The Morgan fingerprint density at radius 1 is 1.14 bits per heavy atom. The standard InChI is InChI=1S/C22H24N2O4/c1-13(2)16-10-15(7-8-20(16)25)12-24-14(3)9-17-18(5-4-6-19(17)24)23-21(26)11-22(27)28/h4-10,13,25H,11-12H2,1-3H3,(H,23,26)(H,27,28). The summed E-state index contributed by atoms with van der Waals surface area (Å²) in [4.78, 5) is 22.6. The lowest BCUT2D eigenvalue weighted by Gasteiger charge is -2.13. The summed E-state index contributed by atoms with van der Waals surface area (Å²) in [5.41, 5.74) is 4.55. The Balaban J connectivity index is 1.96. The molecule has 1 amide bonds. The van der Waals surface area contributed by atoms with Gasteiger partial charge in [-0.2, -0.15) is 0 Å². The third-order valence-electron chi connectivity index (χ3n) is 4.79. The number of phenols is 1. The number of aliphatic carboxylic acids is 1. The van der Waals surface area contributed by atoms with Crippen LogP contribution in [0.15, 0.2) is 42.5 Å². The first-order chi connectivity index (χ1) is 13.3. The quantitative estimate of drug-likeness (QED) is 0.558. The summed E-state index contributed by atoms with van der Waals surface area (Å²) in [6.45, 7) is 6.71. The zero-order valence-corrected chi connectivity index (χ0v) is 16.2. The lowest BCUT2D eigenvalue weighted by molar-refractivity contribution is -0.139. The van der Waals surface area contributed by atoms with Gasteiger partial charge in [-0.05, 0) is 48.2 Å². The number of nitrogens with zero attached hydrogens (tertiary/aromatic N) is 1. The molecule has 6 heteroatoms. The highest BCUT2D eigenvalue weighted by Gasteiger charge is 2.14. The van der Waals surface area contributed by atoms with Gasteiger partial charge in [0, 0.05) is 17.6 Å². The van der Waals surface area contributed by atoms with Crippen LogP contribution >= 0.6 is 0 Å². The molecule has 2 aromatic carbocycles. The highest BCUT2D eigenvalue weighted by Crippen LogP contribution is 2.30. The smallest absolute Gasteiger partial charge is 0.312 e. The van der Waals surface area contributed by atoms with Crippen LogP contribution in [0.2, 0.25) is 0 Å². The van der Waals surface area contributed by atoms with Crippen molar-refractivity contribution in [2.75, 3.05) is 5.32 Å². The maximum absolute atomic E-state index is 11.9. The topological polar surface area (TPSA) is 91.6 Å². The van der Waals surface area contributed by atoms with E-state index in [4.69, 9.17) is 5.11 Å². The van der Waals surface area contributed by atoms with Crippen molar-refractivity contribution < 1.29 is 19.8 Å². The van der Waals surface area contributed by atoms with Gasteiger partial charge in [0.15, 0.2) is 0 Å². The van der Waals surface area contributed by atoms with Gasteiger partial charge in [-0.25, -0.2) is 0 Å². The number of rotatable bonds is 6. The van der Waals surface area contributed by atoms with E-state index in [2.05, 4.69) is 9.88 Å². The minimum atomic E-state index is -1.16. The molecule has 0 saturated heterocycles. The van der Waals surface area contributed by atoms with Crippen LogP contribution in [-0.4, -0.2) is 26.7 Å². The van der Waals surface area contributed by atoms with Gasteiger partial charge in [0.25, 0.3) is 0 Å². The molecule has 1 heterocycles. The number of aromatic hydroxyl groups is 1. The third kappa shape index (κ3) is 4.01. The van der Waals surface area contributed by atoms with Crippen molar-refractivity contribution in [2.45, 2.75) is 39.7 Å². The van der Waals surface area contributed by atoms with Crippen LogP contribution in [-0.2, 0) is 16.1 Å². The van der Waals surface area contributed by atoms with Crippen molar-refractivity contribution in [3.8, 4) is 5.75 Å². The number of fused-ring (bicyclic) bond motifs is 1. The van der Waals surface area contributed by atoms with Gasteiger partial charge < -0.3 is 20.1 Å². The number of aryl methyl sites for hydroxylation is 1. The number of hydrogen-bond donors (Lipinski definition) is 3. The van der Waals surface area contributed by atoms with Gasteiger partial charge in [-0.15, -0.1) is 0 Å². The molecule has 0 saturated carbocycles. The molecule has 0 spiro atoms. The Kier molecular flexibility index (Phi) is 5.40. The number of amides is 1. The predicted molar refractivity (Wildman–Crippen MR) is 109 cm³/mol. The minimum Gasteiger partial charge on any atom is -0.508 e. The van der Waals surface area contributed by atoms with Crippen LogP contribution in [0.5, 0.6) is 5.75 Å². The van der Waals surface area contributed by atoms with Crippen molar-refractivity contribution in [1.29, 1.82) is 0 Å². The number of aromatic nitrogens is 1. The molecule has 28 heavy (non-hydrogen) atoms. The first-order valence-electron chi connectivity index (χ1n) is 9.18. The van der Waals surface area contributed by atoms with Crippen LogP contribution in [0.3, 0.4) is 0 Å². The Morgan fingerprint density at radius 2 is 1.89 bits per heavy atom. The van der Waals surface area contributed by atoms with E-state index in [1.165, 1.54) is 0 Å². The first-order valence-corrected chi connectivity index (χ1v) is 9.18. The van der Waals surface area contributed by atoms with E-state index >= 15 is 0 Å². The van der Waals surface area contributed by atoms with Crippen LogP contribution in [0.4, 0.5) is 5.69 Å². The Hall–Kier alpha value is -3.28. The van der Waals surface area contributed by atoms with Crippen molar-refractivity contribution in [2.24, 2.45) is 0 Å². The molecule has 1 aromatic heterocycles. The summed E-state index contributed by atoms with van der Waals surface area (Å²) in [7, 11) is 0. The molecule has 0 aliphatic heterocycles. The molecule has 0 atom stereocenters. The van der Waals surface area contributed by atoms with Gasteiger partial charge in [0.2, 0.25) is 5.91 Å². The van der Waals surface area contributed by atoms with Crippen molar-refractivity contribution in [3.05, 3.63) is 59.3 Å². The molecule has 146 valence electrons. The van der Waals surface area contributed by atoms with E-state index in [1.807, 2.05) is 51.1 Å². The molecule has 0 fully saturated rings. The summed E-state index contributed by atoms with van der Waals surface area (Å²) in [6, 6.07) is 13.2. The SMILES string of the molecule is Cc1cc2c(NC(=O)CC(=O)O)cccc2n1Cc1ccc(O)c(C(C)C)c1. The number of carboxylic acid groups (broad SMARTS) is 1. The molecule has 0 aliphatic rings. The van der Waals surface area contributed by atoms with E-state index < -0.39 is 18.3 Å². The van der Waals surface area contributed by atoms with E-state index in [-0.39, 0.29) is 5.92 Å². The summed E-state index contributed by atoms with van der Waals surface area (Å²) in [5.74, 6) is -1.19. The maximum Gasteiger partial charge on any atom is 0.312 e. The van der Waals surface area contributed by atoms with Crippen molar-refractivity contribution in [1.82, 2.24) is 4.57 Å². The zero-order valence-electron chi connectivity index (χ0n) is 16.2. The molecule has 0 radical (unpaired) electrons. The molecule has 0 bridgehead atoms. The van der Waals surface area contributed by atoms with E-state index in [9.17, 15) is 14.7 Å². The maximum atomic E-state index is 11.9. The molecule has 0 unspecified atom stereocenters. The summed E-state index contributed by atoms with van der Waals surface area (Å²) in [6.07, 6.45) is -0.568. The van der Waals surface area contributed by atoms with Crippen molar-refractivity contribution >= 4 is 28.5 Å². The van der Waals surface area contributed by atoms with E-state index in [0.29, 0.717) is 18.0 Å². The number of hydrogen-bond acceptors (Lipinski definition) is 3. The number of anilines is 1. The Labute approximate surface area is 163 Å². The number of carboxylic acids is 1. The minimum absolute atomic E-state index is 0.221. The highest BCUT2D eigenvalue weighted by atomic mass is 16.4. The second kappa shape index (κ2) is 7.76. The fraction of sp³-hybridized carbons (Fsp3) is 0.273. The largest absolute Gasteiger partial charge is 0.508 e. The molecular formula is C22H24N2O4. The number of nitrogens with one attached hydrogen (secondary N) is 1. The first kappa shape index (κ1) is 19.5. The number of carbonyl (C=O) groups is 2. The van der Waals surface area contributed by atoms with Crippen LogP contribution in [0, 0.1) is 6.92 Å². The average molecular weight is 380 g/mol.